The maximum atomic E-state index is 3.10. The highest BCUT2D eigenvalue weighted by atomic mass is 32.6. The average Bonchev–Trinajstić information content (AvgIpc) is 2.62. The van der Waals surface area contributed by atoms with Crippen LogP contribution in [0.5, 0.6) is 0 Å². The predicted molar refractivity (Wildman–Crippen MR) is 77.6 cm³/mol. The Morgan fingerprint density at radius 2 is 2.00 bits per heavy atom. The third-order valence-corrected chi connectivity index (χ3v) is 14.7. The number of hydrogen-bond donors (Lipinski definition) is 0. The Kier molecular flexibility index (Phi) is 4.19. The Hall–Kier alpha value is 1.20. The van der Waals surface area contributed by atoms with Crippen molar-refractivity contribution >= 4 is 33.1 Å². The highest BCUT2D eigenvalue weighted by molar-refractivity contribution is 8.61. The second kappa shape index (κ2) is 5.02. The van der Waals surface area contributed by atoms with Crippen molar-refractivity contribution in [3.05, 3.63) is 23.3 Å². The van der Waals surface area contributed by atoms with Crippen molar-refractivity contribution in [3.63, 3.8) is 0 Å². The molecule has 1 fully saturated rings. The van der Waals surface area contributed by atoms with Gasteiger partial charge in [-0.1, -0.05) is 34.3 Å². The lowest BCUT2D eigenvalue weighted by Crippen LogP contribution is -2.20. The monoisotopic (exact) mass is 262 g/mol. The van der Waals surface area contributed by atoms with E-state index in [1.165, 1.54) is 19.3 Å². The van der Waals surface area contributed by atoms with Crippen LogP contribution in [0, 0.1) is 5.92 Å². The van der Waals surface area contributed by atoms with E-state index in [2.05, 4.69) is 36.9 Å². The van der Waals surface area contributed by atoms with Gasteiger partial charge in [0.05, 0.1) is 0 Å². The molecule has 78 valence electrons. The van der Waals surface area contributed by atoms with E-state index in [0.29, 0.717) is 0 Å². The van der Waals surface area contributed by atoms with Crippen LogP contribution in [-0.2, 0) is 0 Å². The van der Waals surface area contributed by atoms with Gasteiger partial charge in [-0.25, -0.2) is 0 Å². The average molecular weight is 262 g/mol. The number of allylic oxidation sites excluding steroid dienone is 4. The molecule has 0 radical (unpaired) electrons. The number of fused-ring (bicyclic) bond motifs is 1. The fraction of sp³-hybridized carbons (Fsp3) is 0.600. The summed E-state index contributed by atoms with van der Waals surface area (Å²) in [4.78, 5) is 0. The van der Waals surface area contributed by atoms with Crippen molar-refractivity contribution in [2.24, 2.45) is 5.92 Å². The summed E-state index contributed by atoms with van der Waals surface area (Å²) in [7, 11) is 7.27. The third kappa shape index (κ3) is 2.30. The maximum absolute atomic E-state index is 3.10. The first kappa shape index (κ1) is 11.7. The van der Waals surface area contributed by atoms with E-state index >= 15 is 0 Å². The van der Waals surface area contributed by atoms with Gasteiger partial charge in [0.1, 0.15) is 0 Å². The summed E-state index contributed by atoms with van der Waals surface area (Å²) < 4.78 is 0. The lowest BCUT2D eigenvalue weighted by molar-refractivity contribution is 0.512. The summed E-state index contributed by atoms with van der Waals surface area (Å²) >= 11 is 0. The Labute approximate surface area is 94.4 Å². The topological polar surface area (TPSA) is 0 Å². The largest absolute Gasteiger partial charge is 0.110 e. The van der Waals surface area contributed by atoms with Crippen LogP contribution in [0.15, 0.2) is 23.3 Å². The van der Waals surface area contributed by atoms with E-state index in [9.17, 15) is 0 Å². The molecule has 0 aromatic rings. The van der Waals surface area contributed by atoms with Gasteiger partial charge in [-0.2, -0.15) is 0 Å². The van der Waals surface area contributed by atoms with Crippen LogP contribution in [-0.4, -0.2) is 5.66 Å². The molecule has 0 saturated heterocycles. The summed E-state index contributed by atoms with van der Waals surface area (Å²) in [6.07, 6.45) is 8.74. The molecule has 6 atom stereocenters. The van der Waals surface area contributed by atoms with Crippen LogP contribution < -0.4 is 0 Å². The van der Waals surface area contributed by atoms with Crippen LogP contribution in [0.1, 0.15) is 26.2 Å². The summed E-state index contributed by atoms with van der Waals surface area (Å²) in [6.45, 7) is 2.44. The first-order valence-electron chi connectivity index (χ1n) is 5.11. The van der Waals surface area contributed by atoms with E-state index in [0.717, 1.165) is 19.5 Å². The molecule has 0 aromatic heterocycles. The first-order valence-corrected chi connectivity index (χ1v) is 11.8. The van der Waals surface area contributed by atoms with Gasteiger partial charge in [-0.3, -0.25) is 0 Å². The van der Waals surface area contributed by atoms with Gasteiger partial charge >= 0.3 is 0 Å². The molecule has 2 rings (SSSR count). The fourth-order valence-corrected chi connectivity index (χ4v) is 8.18. The summed E-state index contributed by atoms with van der Waals surface area (Å²) in [5.74, 6) is 0.896. The van der Waals surface area contributed by atoms with Gasteiger partial charge in [0, 0.05) is 0 Å². The Bertz CT molecular complexity index is 282. The molecule has 0 bridgehead atoms. The molecule has 2 aliphatic carbocycles. The minimum Gasteiger partial charge on any atom is -0.110 e. The van der Waals surface area contributed by atoms with Gasteiger partial charge in [-0.05, 0) is 42.0 Å². The summed E-state index contributed by atoms with van der Waals surface area (Å²) in [6, 6.07) is 0. The molecule has 4 unspecified atom stereocenters. The van der Waals surface area contributed by atoms with Gasteiger partial charge < -0.3 is 0 Å². The molecular formula is C10H18P4. The van der Waals surface area contributed by atoms with Crippen LogP contribution in [0.2, 0.25) is 0 Å². The highest BCUT2D eigenvalue weighted by Crippen LogP contribution is 2.72. The molecule has 0 amide bonds. The fourth-order valence-electron chi connectivity index (χ4n) is 2.41. The van der Waals surface area contributed by atoms with Gasteiger partial charge in [-0.15, -0.1) is 17.9 Å². The van der Waals surface area contributed by atoms with Gasteiger partial charge in [0.25, 0.3) is 0 Å². The van der Waals surface area contributed by atoms with Gasteiger partial charge in [0.15, 0.2) is 0 Å². The smallest absolute Gasteiger partial charge is 0.00667 e. The molecule has 1 saturated carbocycles. The van der Waals surface area contributed by atoms with E-state index < -0.39 is 0 Å². The zero-order chi connectivity index (χ0) is 10.1. The van der Waals surface area contributed by atoms with Crippen LogP contribution >= 0.6 is 33.1 Å². The van der Waals surface area contributed by atoms with Crippen molar-refractivity contribution < 1.29 is 0 Å². The van der Waals surface area contributed by atoms with Crippen LogP contribution in [0.3, 0.4) is 0 Å². The predicted octanol–water partition coefficient (Wildman–Crippen LogP) is 4.70. The maximum Gasteiger partial charge on any atom is -0.00667 e. The molecule has 0 aliphatic heterocycles. The SMILES string of the molecule is C[C@H]1CC2=CCC=C2C[C@H]1P(P)PP. The molecule has 2 aliphatic rings. The number of hydrogen-bond acceptors (Lipinski definition) is 0. The normalized spacial score (nSPS) is 34.2. The first-order chi connectivity index (χ1) is 6.72. The molecule has 0 nitrogen and oxygen atoms in total. The van der Waals surface area contributed by atoms with Crippen molar-refractivity contribution in [1.29, 1.82) is 0 Å². The standard InChI is InChI=1S/C10H18P4/c1-7-5-8-3-2-4-9(8)6-10(7)14(12)13-11/h3-4,7,10,13H,2,5-6,11-12H2,1H3/t7-,10+,14?/m0/s1. The Morgan fingerprint density at radius 3 is 2.64 bits per heavy atom. The molecule has 14 heavy (non-hydrogen) atoms. The van der Waals surface area contributed by atoms with E-state index in [1.807, 2.05) is 0 Å². The zero-order valence-corrected chi connectivity index (χ0v) is 12.7. The van der Waals surface area contributed by atoms with E-state index in [4.69, 9.17) is 0 Å². The second-order valence-corrected chi connectivity index (χ2v) is 13.8. The van der Waals surface area contributed by atoms with Crippen molar-refractivity contribution in [1.82, 2.24) is 0 Å². The third-order valence-electron chi connectivity index (χ3n) is 3.28. The number of rotatable bonds is 2. The van der Waals surface area contributed by atoms with E-state index in [1.54, 1.807) is 11.1 Å². The van der Waals surface area contributed by atoms with Crippen molar-refractivity contribution in [2.75, 3.05) is 0 Å². The summed E-state index contributed by atoms with van der Waals surface area (Å²) in [5.41, 5.74) is 4.29. The molecule has 0 heterocycles. The highest BCUT2D eigenvalue weighted by Gasteiger charge is 2.31. The molecular weight excluding hydrogens is 244 g/mol. The van der Waals surface area contributed by atoms with E-state index in [-0.39, 0.29) is 7.30 Å². The lowest BCUT2D eigenvalue weighted by Gasteiger charge is -2.35. The Morgan fingerprint density at radius 1 is 1.36 bits per heavy atom. The molecule has 0 spiro atoms. The minimum atomic E-state index is 0.180. The Balaban J connectivity index is 2.11. The summed E-state index contributed by atoms with van der Waals surface area (Å²) in [5, 5.41) is 0. The lowest BCUT2D eigenvalue weighted by atomic mass is 9.84. The molecule has 0 N–H and O–H groups in total. The zero-order valence-electron chi connectivity index (χ0n) is 8.53. The molecule has 0 aromatic carbocycles. The van der Waals surface area contributed by atoms with Gasteiger partial charge in [0.2, 0.25) is 0 Å². The molecule has 4 heteroatoms. The van der Waals surface area contributed by atoms with Crippen LogP contribution in [0.25, 0.3) is 0 Å². The second-order valence-electron chi connectivity index (χ2n) is 4.18. The van der Waals surface area contributed by atoms with Crippen molar-refractivity contribution in [3.8, 4) is 0 Å². The van der Waals surface area contributed by atoms with Crippen LogP contribution in [0.4, 0.5) is 0 Å². The van der Waals surface area contributed by atoms with Crippen molar-refractivity contribution in [2.45, 2.75) is 31.8 Å². The minimum absolute atomic E-state index is 0.180. The quantitative estimate of drug-likeness (QED) is 0.633.